The molecule has 2 aromatic heterocycles. The molecule has 0 aliphatic rings. The number of pyridine rings is 1. The quantitative estimate of drug-likeness (QED) is 0.202. The van der Waals surface area contributed by atoms with Crippen molar-refractivity contribution in [3.8, 4) is 29.1 Å². The van der Waals surface area contributed by atoms with E-state index in [0.29, 0.717) is 38.4 Å². The number of hydrogen-bond acceptors (Lipinski definition) is 8. The number of thiazole rings is 1. The van der Waals surface area contributed by atoms with Gasteiger partial charge in [-0.25, -0.2) is 4.98 Å². The van der Waals surface area contributed by atoms with Crippen molar-refractivity contribution in [2.75, 3.05) is 14.2 Å². The molecule has 0 bridgehead atoms. The molecule has 0 unspecified atom stereocenters. The van der Waals surface area contributed by atoms with Gasteiger partial charge in [0.05, 0.1) is 31.9 Å². The minimum atomic E-state index is -0.268. The molecule has 3 aromatic carbocycles. The van der Waals surface area contributed by atoms with E-state index in [1.165, 1.54) is 11.3 Å². The second-order valence-electron chi connectivity index (χ2n) is 10.1. The van der Waals surface area contributed by atoms with Gasteiger partial charge in [0.15, 0.2) is 17.3 Å². The van der Waals surface area contributed by atoms with Crippen molar-refractivity contribution in [3.63, 3.8) is 0 Å². The van der Waals surface area contributed by atoms with Crippen molar-refractivity contribution in [1.82, 2.24) is 9.97 Å². The summed E-state index contributed by atoms with van der Waals surface area (Å²) in [6, 6.07) is 19.0. The van der Waals surface area contributed by atoms with Crippen LogP contribution in [0.5, 0.6) is 23.0 Å². The zero-order chi connectivity index (χ0) is 27.7. The first-order valence-electron chi connectivity index (χ1n) is 12.4. The molecule has 39 heavy (non-hydrogen) atoms. The van der Waals surface area contributed by atoms with Crippen LogP contribution in [0, 0.1) is 11.3 Å². The first-order valence-corrected chi connectivity index (χ1v) is 13.2. The molecular weight excluding hydrogens is 510 g/mol. The van der Waals surface area contributed by atoms with E-state index in [0.717, 1.165) is 27.4 Å². The van der Waals surface area contributed by atoms with Crippen LogP contribution in [-0.2, 0) is 11.8 Å². The van der Waals surface area contributed by atoms with Crippen LogP contribution >= 0.6 is 11.3 Å². The van der Waals surface area contributed by atoms with E-state index >= 15 is 0 Å². The average Bonchev–Trinajstić information content (AvgIpc) is 3.35. The van der Waals surface area contributed by atoms with Crippen molar-refractivity contribution in [3.05, 3.63) is 81.9 Å². The fraction of sp³-hybridized carbons (Fsp3) is 0.226. The fourth-order valence-electron chi connectivity index (χ4n) is 4.49. The van der Waals surface area contributed by atoms with Gasteiger partial charge in [-0.3, -0.25) is 9.78 Å². The van der Waals surface area contributed by atoms with Crippen molar-refractivity contribution in [2.24, 2.45) is 0 Å². The first kappa shape index (κ1) is 26.1. The Balaban J connectivity index is 1.45. The van der Waals surface area contributed by atoms with Gasteiger partial charge in [0, 0.05) is 28.6 Å². The van der Waals surface area contributed by atoms with Crippen LogP contribution in [0.4, 0.5) is 0 Å². The van der Waals surface area contributed by atoms with Gasteiger partial charge in [-0.15, -0.1) is 11.3 Å². The summed E-state index contributed by atoms with van der Waals surface area (Å²) in [5.74, 6) is 2.38. The molecule has 0 atom stereocenters. The molecule has 0 saturated heterocycles. The van der Waals surface area contributed by atoms with Crippen LogP contribution < -0.4 is 14.2 Å². The Morgan fingerprint density at radius 1 is 0.974 bits per heavy atom. The predicted octanol–water partition coefficient (Wildman–Crippen LogP) is 7.25. The molecule has 0 fully saturated rings. The summed E-state index contributed by atoms with van der Waals surface area (Å²) in [5, 5.41) is 12.7. The van der Waals surface area contributed by atoms with Gasteiger partial charge in [0.25, 0.3) is 0 Å². The summed E-state index contributed by atoms with van der Waals surface area (Å²) in [4.78, 5) is 23.0. The number of Topliss-reactive ketones (excluding diaryl/α,β-unsaturated/α-hetero) is 1. The number of aromatic nitrogens is 2. The van der Waals surface area contributed by atoms with Crippen molar-refractivity contribution in [1.29, 1.82) is 5.26 Å². The van der Waals surface area contributed by atoms with Gasteiger partial charge in [-0.2, -0.15) is 5.26 Å². The Labute approximate surface area is 230 Å². The number of nitriles is 1. The van der Waals surface area contributed by atoms with E-state index in [1.54, 1.807) is 26.5 Å². The number of methoxy groups -OCH3 is 2. The normalized spacial score (nSPS) is 11.4. The lowest BCUT2D eigenvalue weighted by Crippen LogP contribution is -2.13. The topological polar surface area (TPSA) is 94.3 Å². The van der Waals surface area contributed by atoms with Gasteiger partial charge in [0.1, 0.15) is 27.5 Å². The van der Waals surface area contributed by atoms with E-state index in [9.17, 15) is 10.1 Å². The summed E-state index contributed by atoms with van der Waals surface area (Å²) in [6.45, 7) is 6.04. The number of carbonyl (C=O) groups excluding carboxylic acids is 1. The first-order chi connectivity index (χ1) is 18.7. The number of carbonyl (C=O) groups is 1. The highest BCUT2D eigenvalue weighted by atomic mass is 32.1. The zero-order valence-electron chi connectivity index (χ0n) is 22.4. The number of ketones is 1. The Bertz CT molecular complexity index is 1760. The Morgan fingerprint density at radius 3 is 2.44 bits per heavy atom. The second-order valence-corrected chi connectivity index (χ2v) is 11.2. The number of hydrogen-bond donors (Lipinski definition) is 0. The van der Waals surface area contributed by atoms with Crippen molar-refractivity contribution >= 4 is 38.8 Å². The summed E-state index contributed by atoms with van der Waals surface area (Å²) >= 11 is 1.29. The van der Waals surface area contributed by atoms with Gasteiger partial charge >= 0.3 is 0 Å². The molecule has 0 radical (unpaired) electrons. The summed E-state index contributed by atoms with van der Waals surface area (Å²) in [7, 11) is 3.17. The summed E-state index contributed by atoms with van der Waals surface area (Å²) in [5.41, 5.74) is 1.79. The van der Waals surface area contributed by atoms with E-state index < -0.39 is 0 Å². The third kappa shape index (κ3) is 5.14. The molecule has 2 heterocycles. The van der Waals surface area contributed by atoms with E-state index in [4.69, 9.17) is 14.2 Å². The molecule has 8 heteroatoms. The molecule has 0 spiro atoms. The Morgan fingerprint density at radius 2 is 1.74 bits per heavy atom. The second kappa shape index (κ2) is 10.4. The molecular formula is C31H27N3O4S. The SMILES string of the molecule is COc1cc2nccc(Oc3ccc4c(C(=O)Cc5nc(C(C)(C)C)c(C#N)s5)cccc4c3)c2cc1OC. The minimum absolute atomic E-state index is 0.0471. The van der Waals surface area contributed by atoms with Gasteiger partial charge in [-0.05, 0) is 41.1 Å². The van der Waals surface area contributed by atoms with Crippen molar-refractivity contribution in [2.45, 2.75) is 32.6 Å². The third-order valence-electron chi connectivity index (χ3n) is 6.38. The third-order valence-corrected chi connectivity index (χ3v) is 7.34. The average molecular weight is 538 g/mol. The zero-order valence-corrected chi connectivity index (χ0v) is 23.2. The molecule has 7 nitrogen and oxygen atoms in total. The van der Waals surface area contributed by atoms with Crippen LogP contribution in [0.25, 0.3) is 21.7 Å². The van der Waals surface area contributed by atoms with Crippen LogP contribution in [0.1, 0.15) is 46.7 Å². The summed E-state index contributed by atoms with van der Waals surface area (Å²) < 4.78 is 17.1. The lowest BCUT2D eigenvalue weighted by Gasteiger charge is -2.15. The van der Waals surface area contributed by atoms with Crippen molar-refractivity contribution < 1.29 is 19.0 Å². The van der Waals surface area contributed by atoms with Crippen LogP contribution in [0.3, 0.4) is 0 Å². The smallest absolute Gasteiger partial charge is 0.170 e. The maximum absolute atomic E-state index is 13.3. The molecule has 0 aliphatic heterocycles. The highest BCUT2D eigenvalue weighted by Crippen LogP contribution is 2.37. The van der Waals surface area contributed by atoms with Gasteiger partial charge < -0.3 is 14.2 Å². The van der Waals surface area contributed by atoms with E-state index in [-0.39, 0.29) is 17.6 Å². The van der Waals surface area contributed by atoms with Gasteiger partial charge in [-0.1, -0.05) is 39.0 Å². The minimum Gasteiger partial charge on any atom is -0.493 e. The standard InChI is InChI=1S/C31H27N3O4S/c1-31(2,3)30-28(17-32)39-29(34-30)16-24(35)21-8-6-7-18-13-19(9-10-20(18)21)38-25-11-12-33-23-15-27(37-5)26(36-4)14-22(23)25/h6-15H,16H2,1-5H3. The Hall–Kier alpha value is -4.48. The van der Waals surface area contributed by atoms with E-state index in [2.05, 4.69) is 16.0 Å². The highest BCUT2D eigenvalue weighted by molar-refractivity contribution is 7.12. The maximum Gasteiger partial charge on any atom is 0.170 e. The lowest BCUT2D eigenvalue weighted by atomic mass is 9.91. The number of benzene rings is 3. The van der Waals surface area contributed by atoms with Crippen LogP contribution in [0.15, 0.2) is 60.8 Å². The fourth-order valence-corrected chi connectivity index (χ4v) is 5.56. The largest absolute Gasteiger partial charge is 0.493 e. The monoisotopic (exact) mass is 537 g/mol. The van der Waals surface area contributed by atoms with Crippen LogP contribution in [0.2, 0.25) is 0 Å². The maximum atomic E-state index is 13.3. The lowest BCUT2D eigenvalue weighted by molar-refractivity contribution is 0.0994. The number of nitrogens with zero attached hydrogens (tertiary/aromatic N) is 3. The number of fused-ring (bicyclic) bond motifs is 2. The molecule has 196 valence electrons. The molecule has 5 rings (SSSR count). The molecule has 0 aliphatic carbocycles. The number of rotatable bonds is 7. The molecule has 0 amide bonds. The summed E-state index contributed by atoms with van der Waals surface area (Å²) in [6.07, 6.45) is 1.82. The van der Waals surface area contributed by atoms with E-state index in [1.807, 2.05) is 69.3 Å². The number of ether oxygens (including phenoxy) is 3. The Kier molecular flexibility index (Phi) is 6.94. The predicted molar refractivity (Wildman–Crippen MR) is 152 cm³/mol. The van der Waals surface area contributed by atoms with Gasteiger partial charge in [0.2, 0.25) is 0 Å². The molecule has 0 N–H and O–H groups in total. The molecule has 0 saturated carbocycles. The van der Waals surface area contributed by atoms with Crippen LogP contribution in [-0.4, -0.2) is 30.0 Å². The molecule has 5 aromatic rings. The highest BCUT2D eigenvalue weighted by Gasteiger charge is 2.24.